The van der Waals surface area contributed by atoms with Gasteiger partial charge < -0.3 is 14.7 Å². The summed E-state index contributed by atoms with van der Waals surface area (Å²) in [5.74, 6) is -1.09. The first kappa shape index (κ1) is 21.3. The maximum absolute atomic E-state index is 13.2. The topological polar surface area (TPSA) is 66.8 Å². The van der Waals surface area contributed by atoms with Gasteiger partial charge in [0.15, 0.2) is 11.5 Å². The molecule has 1 amide bonds. The minimum Gasteiger partial charge on any atom is -0.503 e. The van der Waals surface area contributed by atoms with Crippen LogP contribution >= 0.6 is 0 Å². The number of hydrogen-bond donors (Lipinski definition) is 1. The van der Waals surface area contributed by atoms with Crippen LogP contribution in [0.1, 0.15) is 48.9 Å². The Bertz CT molecular complexity index is 959. The van der Waals surface area contributed by atoms with Crippen molar-refractivity contribution in [1.82, 2.24) is 4.90 Å². The second-order valence-electron chi connectivity index (χ2n) is 8.26. The van der Waals surface area contributed by atoms with Crippen LogP contribution in [0.2, 0.25) is 0 Å². The van der Waals surface area contributed by atoms with Crippen molar-refractivity contribution in [1.29, 1.82) is 0 Å². The minimum atomic E-state index is -0.578. The molecule has 1 saturated heterocycles. The number of aryl methyl sites for hydroxylation is 2. The first-order chi connectivity index (χ1) is 15.1. The first-order valence-electron chi connectivity index (χ1n) is 11.1. The van der Waals surface area contributed by atoms with Gasteiger partial charge in [-0.05, 0) is 42.4 Å². The summed E-state index contributed by atoms with van der Waals surface area (Å²) in [4.78, 5) is 27.8. The van der Waals surface area contributed by atoms with Crippen LogP contribution in [0, 0.1) is 0 Å². The average molecular weight is 420 g/mol. The third-order valence-corrected chi connectivity index (χ3v) is 6.22. The number of aliphatic hydroxyl groups excluding tert-OH is 1. The molecule has 1 fully saturated rings. The Kier molecular flexibility index (Phi) is 6.52. The van der Waals surface area contributed by atoms with Crippen molar-refractivity contribution < 1.29 is 19.4 Å². The second-order valence-corrected chi connectivity index (χ2v) is 8.26. The van der Waals surface area contributed by atoms with Crippen LogP contribution in [0.25, 0.3) is 0 Å². The van der Waals surface area contributed by atoms with E-state index in [1.807, 2.05) is 54.6 Å². The normalized spacial score (nSPS) is 21.2. The molecule has 0 spiro atoms. The number of ketones is 1. The Labute approximate surface area is 183 Å². The number of rotatable bonds is 8. The zero-order chi connectivity index (χ0) is 21.8. The molecule has 0 radical (unpaired) electrons. The molecule has 2 aromatic carbocycles. The van der Waals surface area contributed by atoms with Crippen molar-refractivity contribution in [3.05, 3.63) is 82.6 Å². The van der Waals surface area contributed by atoms with Crippen LogP contribution in [0.15, 0.2) is 65.9 Å². The molecular formula is C26H29NO4. The molecule has 5 nitrogen and oxygen atoms in total. The van der Waals surface area contributed by atoms with Gasteiger partial charge in [0, 0.05) is 19.6 Å². The van der Waals surface area contributed by atoms with Crippen LogP contribution in [0.3, 0.4) is 0 Å². The Morgan fingerprint density at radius 2 is 1.84 bits per heavy atom. The summed E-state index contributed by atoms with van der Waals surface area (Å²) in [7, 11) is 0. The molecule has 0 bridgehead atoms. The van der Waals surface area contributed by atoms with Crippen molar-refractivity contribution >= 4 is 11.7 Å². The summed E-state index contributed by atoms with van der Waals surface area (Å²) in [5.41, 5.74) is 3.29. The Balaban J connectivity index is 1.62. The highest BCUT2D eigenvalue weighted by Gasteiger charge is 2.44. The van der Waals surface area contributed by atoms with Gasteiger partial charge in [0.1, 0.15) is 0 Å². The van der Waals surface area contributed by atoms with E-state index >= 15 is 0 Å². The maximum atomic E-state index is 13.2. The van der Waals surface area contributed by atoms with E-state index < -0.39 is 17.7 Å². The van der Waals surface area contributed by atoms with E-state index in [9.17, 15) is 14.7 Å². The number of hydrogen-bond acceptors (Lipinski definition) is 4. The molecule has 0 aliphatic carbocycles. The lowest BCUT2D eigenvalue weighted by atomic mass is 9.92. The van der Waals surface area contributed by atoms with Crippen LogP contribution in [-0.4, -0.2) is 41.0 Å². The fourth-order valence-electron chi connectivity index (χ4n) is 4.45. The largest absolute Gasteiger partial charge is 0.503 e. The lowest BCUT2D eigenvalue weighted by Crippen LogP contribution is -2.37. The summed E-state index contributed by atoms with van der Waals surface area (Å²) in [6.45, 7) is 3.14. The van der Waals surface area contributed by atoms with E-state index in [2.05, 4.69) is 6.92 Å². The highest BCUT2D eigenvalue weighted by atomic mass is 16.5. The number of Topliss-reactive ketones (excluding diaryl/α,β-unsaturated/α-hetero) is 1. The van der Waals surface area contributed by atoms with Crippen molar-refractivity contribution in [2.75, 3.05) is 13.2 Å². The van der Waals surface area contributed by atoms with Crippen molar-refractivity contribution in [2.45, 2.75) is 51.2 Å². The number of carbonyl (C=O) groups is 2. The van der Waals surface area contributed by atoms with Crippen LogP contribution in [-0.2, 0) is 27.2 Å². The minimum absolute atomic E-state index is 0.0621. The van der Waals surface area contributed by atoms with E-state index in [4.69, 9.17) is 4.74 Å². The smallest absolute Gasteiger partial charge is 0.290 e. The molecule has 162 valence electrons. The number of nitrogens with zero attached hydrogens (tertiary/aromatic N) is 1. The molecule has 0 saturated carbocycles. The first-order valence-corrected chi connectivity index (χ1v) is 11.1. The lowest BCUT2D eigenvalue weighted by molar-refractivity contribution is -0.131. The van der Waals surface area contributed by atoms with Gasteiger partial charge in [0.2, 0.25) is 0 Å². The summed E-state index contributed by atoms with van der Waals surface area (Å²) < 4.78 is 5.74. The van der Waals surface area contributed by atoms with Crippen LogP contribution in [0.4, 0.5) is 0 Å². The quantitative estimate of drug-likeness (QED) is 0.692. The molecule has 2 aliphatic rings. The monoisotopic (exact) mass is 419 g/mol. The van der Waals surface area contributed by atoms with Crippen molar-refractivity contribution in [3.8, 4) is 0 Å². The standard InChI is InChI=1S/C26H29NO4/c1-2-18-10-13-20(14-11-18)24-23(22(28)15-12-19-7-4-3-5-8-19)25(29)26(30)27(24)17-21-9-6-16-31-21/h3-5,7-8,10-11,13-14,21,24,29H,2,6,9,12,15-17H2,1H3. The predicted octanol–water partition coefficient (Wildman–Crippen LogP) is 4.33. The number of aliphatic hydroxyl groups is 1. The van der Waals surface area contributed by atoms with Gasteiger partial charge in [-0.25, -0.2) is 0 Å². The third-order valence-electron chi connectivity index (χ3n) is 6.22. The van der Waals surface area contributed by atoms with Crippen molar-refractivity contribution in [3.63, 3.8) is 0 Å². The highest BCUT2D eigenvalue weighted by molar-refractivity contribution is 6.09. The van der Waals surface area contributed by atoms with Gasteiger partial charge >= 0.3 is 0 Å². The zero-order valence-electron chi connectivity index (χ0n) is 17.9. The van der Waals surface area contributed by atoms with Crippen LogP contribution < -0.4 is 0 Å². The van der Waals surface area contributed by atoms with Gasteiger partial charge in [-0.15, -0.1) is 0 Å². The summed E-state index contributed by atoms with van der Waals surface area (Å²) in [6, 6.07) is 17.2. The highest BCUT2D eigenvalue weighted by Crippen LogP contribution is 2.39. The van der Waals surface area contributed by atoms with E-state index in [-0.39, 0.29) is 23.9 Å². The predicted molar refractivity (Wildman–Crippen MR) is 119 cm³/mol. The summed E-state index contributed by atoms with van der Waals surface area (Å²) >= 11 is 0. The maximum Gasteiger partial charge on any atom is 0.290 e. The fourth-order valence-corrected chi connectivity index (χ4v) is 4.45. The van der Waals surface area contributed by atoms with Crippen LogP contribution in [0.5, 0.6) is 0 Å². The molecule has 2 aromatic rings. The van der Waals surface area contributed by atoms with Gasteiger partial charge in [0.05, 0.1) is 17.7 Å². The molecule has 2 aliphatic heterocycles. The van der Waals surface area contributed by atoms with Gasteiger partial charge in [-0.1, -0.05) is 61.5 Å². The molecule has 31 heavy (non-hydrogen) atoms. The molecule has 5 heteroatoms. The summed E-state index contributed by atoms with van der Waals surface area (Å²) in [6.07, 6.45) is 3.50. The van der Waals surface area contributed by atoms with Crippen molar-refractivity contribution in [2.24, 2.45) is 0 Å². The summed E-state index contributed by atoms with van der Waals surface area (Å²) in [5, 5.41) is 10.7. The number of carbonyl (C=O) groups excluding carboxylic acids is 2. The molecule has 4 rings (SSSR count). The third kappa shape index (κ3) is 4.57. The fraction of sp³-hybridized carbons (Fsp3) is 0.385. The number of amides is 1. The Morgan fingerprint density at radius 3 is 2.48 bits per heavy atom. The van der Waals surface area contributed by atoms with E-state index in [0.29, 0.717) is 19.6 Å². The molecular weight excluding hydrogens is 390 g/mol. The lowest BCUT2D eigenvalue weighted by Gasteiger charge is -2.29. The second kappa shape index (κ2) is 9.48. The van der Waals surface area contributed by atoms with Gasteiger partial charge in [-0.3, -0.25) is 9.59 Å². The van der Waals surface area contributed by atoms with E-state index in [1.165, 1.54) is 5.56 Å². The van der Waals surface area contributed by atoms with Gasteiger partial charge in [-0.2, -0.15) is 0 Å². The Hall–Kier alpha value is -2.92. The molecule has 2 unspecified atom stereocenters. The molecule has 2 atom stereocenters. The molecule has 0 aromatic heterocycles. The van der Waals surface area contributed by atoms with Gasteiger partial charge in [0.25, 0.3) is 5.91 Å². The molecule has 1 N–H and O–H groups in total. The average Bonchev–Trinajstić information content (AvgIpc) is 3.41. The number of ether oxygens (including phenoxy) is 1. The van der Waals surface area contributed by atoms with E-state index in [1.54, 1.807) is 4.90 Å². The Morgan fingerprint density at radius 1 is 1.10 bits per heavy atom. The van der Waals surface area contributed by atoms with E-state index in [0.717, 1.165) is 30.4 Å². The molecule has 2 heterocycles. The zero-order valence-corrected chi connectivity index (χ0v) is 17.9. The SMILES string of the molecule is CCc1ccc(C2C(C(=O)CCc3ccccc3)=C(O)C(=O)N2CC2CCCO2)cc1. The number of benzene rings is 2.